The van der Waals surface area contributed by atoms with E-state index in [2.05, 4.69) is 4.90 Å². The van der Waals surface area contributed by atoms with Crippen LogP contribution < -0.4 is 4.90 Å². The van der Waals surface area contributed by atoms with Gasteiger partial charge in [-0.05, 0) is 12.1 Å². The number of anilines is 1. The summed E-state index contributed by atoms with van der Waals surface area (Å²) < 4.78 is 29.8. The van der Waals surface area contributed by atoms with Crippen LogP contribution in [-0.4, -0.2) is 26.3 Å². The SMILES string of the molecule is FC(F)c1ccc(N2CCOCC2)cc1. The van der Waals surface area contributed by atoms with Crippen LogP contribution in [0.15, 0.2) is 24.3 Å². The summed E-state index contributed by atoms with van der Waals surface area (Å²) in [6.45, 7) is 3.06. The summed E-state index contributed by atoms with van der Waals surface area (Å²) in [4.78, 5) is 2.14. The molecule has 1 saturated heterocycles. The molecule has 1 aromatic rings. The van der Waals surface area contributed by atoms with Gasteiger partial charge in [0.15, 0.2) is 0 Å². The fourth-order valence-electron chi connectivity index (χ4n) is 1.65. The highest BCUT2D eigenvalue weighted by atomic mass is 19.3. The third-order valence-corrected chi connectivity index (χ3v) is 2.52. The molecule has 1 aliphatic heterocycles. The minimum absolute atomic E-state index is 0.0759. The molecule has 0 aromatic heterocycles. The predicted molar refractivity (Wildman–Crippen MR) is 54.4 cm³/mol. The summed E-state index contributed by atoms with van der Waals surface area (Å²) in [6.07, 6.45) is -2.39. The van der Waals surface area contributed by atoms with Crippen molar-refractivity contribution in [2.45, 2.75) is 6.43 Å². The Hall–Kier alpha value is -1.16. The third-order valence-electron chi connectivity index (χ3n) is 2.52. The van der Waals surface area contributed by atoms with Crippen molar-refractivity contribution >= 4 is 5.69 Å². The zero-order valence-corrected chi connectivity index (χ0v) is 8.33. The molecule has 0 amide bonds. The van der Waals surface area contributed by atoms with Gasteiger partial charge in [-0.3, -0.25) is 0 Å². The molecule has 0 radical (unpaired) electrons. The highest BCUT2D eigenvalue weighted by molar-refractivity contribution is 5.48. The lowest BCUT2D eigenvalue weighted by molar-refractivity contribution is 0.122. The molecule has 1 aromatic carbocycles. The fourth-order valence-corrected chi connectivity index (χ4v) is 1.65. The third kappa shape index (κ3) is 2.45. The zero-order valence-electron chi connectivity index (χ0n) is 8.33. The van der Waals surface area contributed by atoms with Gasteiger partial charge in [-0.15, -0.1) is 0 Å². The largest absolute Gasteiger partial charge is 0.378 e. The van der Waals surface area contributed by atoms with Gasteiger partial charge in [-0.1, -0.05) is 12.1 Å². The number of halogens is 2. The normalized spacial score (nSPS) is 17.1. The molecule has 2 nitrogen and oxygen atoms in total. The summed E-state index contributed by atoms with van der Waals surface area (Å²) >= 11 is 0. The Bertz CT molecular complexity index is 307. The van der Waals surface area contributed by atoms with Crippen LogP contribution in [0.25, 0.3) is 0 Å². The van der Waals surface area contributed by atoms with E-state index < -0.39 is 6.43 Å². The van der Waals surface area contributed by atoms with Crippen LogP contribution in [0.4, 0.5) is 14.5 Å². The van der Waals surface area contributed by atoms with Crippen molar-refractivity contribution in [3.63, 3.8) is 0 Å². The molecule has 2 rings (SSSR count). The van der Waals surface area contributed by atoms with Crippen molar-refractivity contribution in [2.75, 3.05) is 31.2 Å². The van der Waals surface area contributed by atoms with Crippen molar-refractivity contribution < 1.29 is 13.5 Å². The smallest absolute Gasteiger partial charge is 0.263 e. The first-order valence-corrected chi connectivity index (χ1v) is 4.98. The second-order valence-corrected chi connectivity index (χ2v) is 3.49. The Morgan fingerprint density at radius 3 is 2.20 bits per heavy atom. The molecule has 0 N–H and O–H groups in total. The number of ether oxygens (including phenoxy) is 1. The molecule has 0 unspecified atom stereocenters. The standard InChI is InChI=1S/C11H13F2NO/c12-11(13)9-1-3-10(4-2-9)14-5-7-15-8-6-14/h1-4,11H,5-8H2. The first-order valence-electron chi connectivity index (χ1n) is 4.98. The summed E-state index contributed by atoms with van der Waals surface area (Å²) in [7, 11) is 0. The van der Waals surface area contributed by atoms with Crippen molar-refractivity contribution in [1.29, 1.82) is 0 Å². The topological polar surface area (TPSA) is 12.5 Å². The van der Waals surface area contributed by atoms with Crippen LogP contribution in [0.2, 0.25) is 0 Å². The molecule has 1 aliphatic rings. The van der Waals surface area contributed by atoms with Crippen molar-refractivity contribution in [1.82, 2.24) is 0 Å². The molecule has 4 heteroatoms. The second kappa shape index (κ2) is 4.57. The molecule has 82 valence electrons. The highest BCUT2D eigenvalue weighted by Crippen LogP contribution is 2.22. The van der Waals surface area contributed by atoms with E-state index in [9.17, 15) is 8.78 Å². The molecule has 15 heavy (non-hydrogen) atoms. The number of hydrogen-bond donors (Lipinski definition) is 0. The van der Waals surface area contributed by atoms with E-state index in [0.29, 0.717) is 13.2 Å². The summed E-state index contributed by atoms with van der Waals surface area (Å²) in [5.41, 5.74) is 1.06. The maximum absolute atomic E-state index is 12.3. The summed E-state index contributed by atoms with van der Waals surface area (Å²) in [5.74, 6) is 0. The number of hydrogen-bond acceptors (Lipinski definition) is 2. The lowest BCUT2D eigenvalue weighted by Gasteiger charge is -2.28. The average molecular weight is 213 g/mol. The van der Waals surface area contributed by atoms with E-state index in [0.717, 1.165) is 18.8 Å². The molecule has 1 heterocycles. The molecule has 0 bridgehead atoms. The zero-order chi connectivity index (χ0) is 10.7. The maximum Gasteiger partial charge on any atom is 0.263 e. The van der Waals surface area contributed by atoms with Crippen LogP contribution in [0.1, 0.15) is 12.0 Å². The van der Waals surface area contributed by atoms with Gasteiger partial charge in [0.25, 0.3) is 6.43 Å². The molecular weight excluding hydrogens is 200 g/mol. The Balaban J connectivity index is 2.08. The Morgan fingerprint density at radius 2 is 1.67 bits per heavy atom. The molecular formula is C11H13F2NO. The Kier molecular flexibility index (Phi) is 3.16. The molecule has 0 spiro atoms. The number of benzene rings is 1. The molecule has 0 saturated carbocycles. The number of alkyl halides is 2. The maximum atomic E-state index is 12.3. The van der Waals surface area contributed by atoms with E-state index in [1.807, 2.05) is 0 Å². The van der Waals surface area contributed by atoms with Gasteiger partial charge in [-0.25, -0.2) is 8.78 Å². The van der Waals surface area contributed by atoms with Crippen LogP contribution in [0, 0.1) is 0 Å². The second-order valence-electron chi connectivity index (χ2n) is 3.49. The monoisotopic (exact) mass is 213 g/mol. The minimum Gasteiger partial charge on any atom is -0.378 e. The van der Waals surface area contributed by atoms with Gasteiger partial charge < -0.3 is 9.64 Å². The van der Waals surface area contributed by atoms with Gasteiger partial charge in [0, 0.05) is 24.3 Å². The minimum atomic E-state index is -2.39. The number of nitrogens with zero attached hydrogens (tertiary/aromatic N) is 1. The van der Waals surface area contributed by atoms with Gasteiger partial charge in [-0.2, -0.15) is 0 Å². The van der Waals surface area contributed by atoms with E-state index in [-0.39, 0.29) is 5.56 Å². The van der Waals surface area contributed by atoms with Crippen LogP contribution in [-0.2, 0) is 4.74 Å². The molecule has 1 fully saturated rings. The Labute approximate surface area is 87.5 Å². The summed E-state index contributed by atoms with van der Waals surface area (Å²) in [5, 5.41) is 0. The van der Waals surface area contributed by atoms with Crippen molar-refractivity contribution in [3.05, 3.63) is 29.8 Å². The summed E-state index contributed by atoms with van der Waals surface area (Å²) in [6, 6.07) is 6.45. The van der Waals surface area contributed by atoms with Crippen LogP contribution in [0.3, 0.4) is 0 Å². The van der Waals surface area contributed by atoms with Gasteiger partial charge in [0.2, 0.25) is 0 Å². The van der Waals surface area contributed by atoms with Crippen molar-refractivity contribution in [3.8, 4) is 0 Å². The van der Waals surface area contributed by atoms with Gasteiger partial charge in [0.05, 0.1) is 13.2 Å². The van der Waals surface area contributed by atoms with E-state index >= 15 is 0 Å². The van der Waals surface area contributed by atoms with E-state index in [4.69, 9.17) is 4.74 Å². The molecule has 0 aliphatic carbocycles. The lowest BCUT2D eigenvalue weighted by atomic mass is 10.2. The highest BCUT2D eigenvalue weighted by Gasteiger charge is 2.12. The fraction of sp³-hybridized carbons (Fsp3) is 0.455. The quantitative estimate of drug-likeness (QED) is 0.748. The first-order chi connectivity index (χ1) is 7.27. The van der Waals surface area contributed by atoms with E-state index in [1.54, 1.807) is 12.1 Å². The lowest BCUT2D eigenvalue weighted by Crippen LogP contribution is -2.36. The first kappa shape index (κ1) is 10.4. The van der Waals surface area contributed by atoms with Crippen LogP contribution in [0.5, 0.6) is 0 Å². The van der Waals surface area contributed by atoms with Crippen LogP contribution >= 0.6 is 0 Å². The number of rotatable bonds is 2. The molecule has 0 atom stereocenters. The van der Waals surface area contributed by atoms with Gasteiger partial charge >= 0.3 is 0 Å². The van der Waals surface area contributed by atoms with Crippen molar-refractivity contribution in [2.24, 2.45) is 0 Å². The predicted octanol–water partition coefficient (Wildman–Crippen LogP) is 2.46. The Morgan fingerprint density at radius 1 is 1.07 bits per heavy atom. The van der Waals surface area contributed by atoms with E-state index in [1.165, 1.54) is 12.1 Å². The van der Waals surface area contributed by atoms with Gasteiger partial charge in [0.1, 0.15) is 0 Å². The number of morpholine rings is 1. The average Bonchev–Trinajstić information content (AvgIpc) is 2.30.